The topological polar surface area (TPSA) is 35.9 Å². The van der Waals surface area contributed by atoms with E-state index in [1.807, 2.05) is 12.3 Å². The van der Waals surface area contributed by atoms with Crippen LogP contribution >= 0.6 is 0 Å². The van der Waals surface area contributed by atoms with Gasteiger partial charge in [-0.1, -0.05) is 179 Å². The first-order chi connectivity index (χ1) is 34.0. The van der Waals surface area contributed by atoms with Gasteiger partial charge in [-0.25, -0.2) is 4.98 Å². The van der Waals surface area contributed by atoms with Crippen LogP contribution in [0.1, 0.15) is 127 Å². The van der Waals surface area contributed by atoms with Gasteiger partial charge in [0.2, 0.25) is 0 Å². The van der Waals surface area contributed by atoms with Gasteiger partial charge >= 0.3 is 0 Å². The second kappa shape index (κ2) is 18.4. The van der Waals surface area contributed by atoms with Crippen molar-refractivity contribution in [2.75, 3.05) is 0 Å². The van der Waals surface area contributed by atoms with Gasteiger partial charge in [0, 0.05) is 40.1 Å². The van der Waals surface area contributed by atoms with Crippen LogP contribution in [-0.2, 0) is 16.2 Å². The third-order valence-electron chi connectivity index (χ3n) is 14.8. The molecule has 0 spiro atoms. The molecule has 0 N–H and O–H groups in total. The highest BCUT2D eigenvalue weighted by molar-refractivity contribution is 6.09. The fraction of sp³-hybridized carbons (Fsp3) is 0.242. The van der Waals surface area contributed by atoms with Gasteiger partial charge in [-0.3, -0.25) is 13.7 Å². The van der Waals surface area contributed by atoms with Crippen molar-refractivity contribution < 1.29 is 9.30 Å². The molecule has 7 aromatic carbocycles. The summed E-state index contributed by atoms with van der Waals surface area (Å²) < 4.78 is 13.6. The lowest BCUT2D eigenvalue weighted by Gasteiger charge is -2.27. The molecule has 0 amide bonds. The van der Waals surface area contributed by atoms with E-state index in [0.29, 0.717) is 11.8 Å². The lowest BCUT2D eigenvalue weighted by molar-refractivity contribution is -0.588. The number of ether oxygens (including phenoxy) is 1. The van der Waals surface area contributed by atoms with Gasteiger partial charge < -0.3 is 4.74 Å². The van der Waals surface area contributed by atoms with Crippen molar-refractivity contribution >= 4 is 21.8 Å². The fourth-order valence-corrected chi connectivity index (χ4v) is 10.3. The Bertz CT molecular complexity index is 3520. The van der Waals surface area contributed by atoms with Gasteiger partial charge in [-0.2, -0.15) is 0 Å². The van der Waals surface area contributed by atoms with E-state index in [1.165, 1.54) is 49.9 Å². The number of nitrogens with zero attached hydrogens (tertiary/aromatic N) is 4. The average molecular weight is 931 g/mol. The van der Waals surface area contributed by atoms with Crippen LogP contribution in [0.25, 0.3) is 50.3 Å². The zero-order valence-corrected chi connectivity index (χ0v) is 43.2. The molecule has 0 bridgehead atoms. The average Bonchev–Trinajstić information content (AvgIpc) is 3.96. The Kier molecular flexibility index (Phi) is 12.2. The van der Waals surface area contributed by atoms with Gasteiger partial charge in [-0.15, -0.1) is 0 Å². The number of fused-ring (bicyclic) bond motifs is 3. The largest absolute Gasteiger partial charge is 0.458 e. The first kappa shape index (κ1) is 47.2. The highest BCUT2D eigenvalue weighted by atomic mass is 16.5. The van der Waals surface area contributed by atoms with E-state index >= 15 is 0 Å². The number of hydrogen-bond donors (Lipinski definition) is 0. The minimum absolute atomic E-state index is 0.0103. The molecule has 5 nitrogen and oxygen atoms in total. The molecule has 0 aliphatic rings. The Morgan fingerprint density at radius 1 is 0.507 bits per heavy atom. The Labute approximate surface area is 421 Å². The molecule has 0 aliphatic heterocycles. The zero-order valence-electron chi connectivity index (χ0n) is 43.2. The van der Waals surface area contributed by atoms with E-state index in [4.69, 9.17) is 9.72 Å². The number of aromatic nitrogens is 4. The molecule has 3 heterocycles. The molecule has 0 saturated carbocycles. The van der Waals surface area contributed by atoms with Crippen LogP contribution in [0.2, 0.25) is 0 Å². The van der Waals surface area contributed by atoms with Crippen molar-refractivity contribution in [3.05, 3.63) is 234 Å². The van der Waals surface area contributed by atoms with Crippen LogP contribution < -0.4 is 9.30 Å². The SMILES string of the molecule is CC(C)c1cccc(C(C)C)c1-c1cn(-c2cccc(Oc3ccc4c5cc(C(C)(C)C)ccc5n(-c5cc(C(C)(C)c6ccccc6)ccn5)c4c3)c2)[c-][n+]1-c1cccc(C(C)(C)c2ccccc2)c1. The summed E-state index contributed by atoms with van der Waals surface area (Å²) in [5, 5.41) is 2.34. The molecule has 5 heteroatoms. The molecule has 0 saturated heterocycles. The van der Waals surface area contributed by atoms with Crippen molar-refractivity contribution in [1.82, 2.24) is 14.1 Å². The Morgan fingerprint density at radius 3 is 1.76 bits per heavy atom. The summed E-state index contributed by atoms with van der Waals surface area (Å²) in [5.74, 6) is 2.98. The summed E-state index contributed by atoms with van der Waals surface area (Å²) in [4.78, 5) is 5.05. The predicted octanol–water partition coefficient (Wildman–Crippen LogP) is 16.7. The predicted molar refractivity (Wildman–Crippen MR) is 294 cm³/mol. The molecular formula is C66H66N4O. The summed E-state index contributed by atoms with van der Waals surface area (Å²) in [5.41, 5.74) is 14.9. The van der Waals surface area contributed by atoms with Crippen LogP contribution in [0, 0.1) is 6.33 Å². The van der Waals surface area contributed by atoms with Crippen molar-refractivity contribution in [3.63, 3.8) is 0 Å². The third-order valence-corrected chi connectivity index (χ3v) is 14.8. The number of imidazole rings is 1. The van der Waals surface area contributed by atoms with E-state index in [9.17, 15) is 0 Å². The lowest BCUT2D eigenvalue weighted by Crippen LogP contribution is -2.33. The lowest BCUT2D eigenvalue weighted by atomic mass is 9.78. The van der Waals surface area contributed by atoms with Crippen LogP contribution in [0.5, 0.6) is 11.5 Å². The summed E-state index contributed by atoms with van der Waals surface area (Å²) in [7, 11) is 0. The quantitative estimate of drug-likeness (QED) is 0.0904. The molecule has 71 heavy (non-hydrogen) atoms. The van der Waals surface area contributed by atoms with Gasteiger partial charge in [0.15, 0.2) is 0 Å². The summed E-state index contributed by atoms with van der Waals surface area (Å²) in [6.07, 6.45) is 8.02. The van der Waals surface area contributed by atoms with E-state index in [0.717, 1.165) is 50.8 Å². The molecule has 10 rings (SSSR count). The minimum atomic E-state index is -0.231. The Morgan fingerprint density at radius 2 is 1.11 bits per heavy atom. The molecule has 0 aliphatic carbocycles. The standard InChI is InChI=1S/C66H66N4O/c1-44(2)55-29-20-30-56(45(3)4)63(55)61-42-68(43-69(61)52-27-18-25-49(37-52)65(8,9)46-21-14-12-15-22-46)51-26-19-28-53(40-51)71-54-32-33-57-58-38-48(64(5,6)7)31-34-59(58)70(60(57)41-54)62-39-50(35-36-67-62)66(10,11)47-23-16-13-17-24-47/h12-42,44-45H,1-11H3. The van der Waals surface area contributed by atoms with Crippen molar-refractivity contribution in [2.24, 2.45) is 0 Å². The van der Waals surface area contributed by atoms with Crippen LogP contribution in [0.15, 0.2) is 188 Å². The molecule has 3 aromatic heterocycles. The van der Waals surface area contributed by atoms with Gasteiger partial charge in [0.1, 0.15) is 17.3 Å². The van der Waals surface area contributed by atoms with Crippen LogP contribution in [0.4, 0.5) is 0 Å². The normalized spacial score (nSPS) is 12.4. The molecular weight excluding hydrogens is 865 g/mol. The van der Waals surface area contributed by atoms with Crippen molar-refractivity contribution in [1.29, 1.82) is 0 Å². The number of pyridine rings is 1. The maximum atomic E-state index is 6.88. The second-order valence-electron chi connectivity index (χ2n) is 22.0. The van der Waals surface area contributed by atoms with Crippen molar-refractivity contribution in [3.8, 4) is 39.9 Å². The maximum absolute atomic E-state index is 6.88. The van der Waals surface area contributed by atoms with E-state index < -0.39 is 0 Å². The van der Waals surface area contributed by atoms with Crippen molar-refractivity contribution in [2.45, 2.75) is 104 Å². The molecule has 10 aromatic rings. The van der Waals surface area contributed by atoms with E-state index in [2.05, 4.69) is 272 Å². The smallest absolute Gasteiger partial charge is 0.269 e. The number of hydrogen-bond acceptors (Lipinski definition) is 2. The van der Waals surface area contributed by atoms with Gasteiger partial charge in [0.25, 0.3) is 6.33 Å². The molecule has 0 fully saturated rings. The maximum Gasteiger partial charge on any atom is 0.269 e. The van der Waals surface area contributed by atoms with E-state index in [1.54, 1.807) is 0 Å². The molecule has 0 radical (unpaired) electrons. The number of benzene rings is 7. The summed E-state index contributed by atoms with van der Waals surface area (Å²) >= 11 is 0. The Hall–Kier alpha value is -7.50. The van der Waals surface area contributed by atoms with Crippen LogP contribution in [0.3, 0.4) is 0 Å². The van der Waals surface area contributed by atoms with E-state index in [-0.39, 0.29) is 16.2 Å². The summed E-state index contributed by atoms with van der Waals surface area (Å²) in [6, 6.07) is 63.4. The first-order valence-electron chi connectivity index (χ1n) is 25.2. The highest BCUT2D eigenvalue weighted by Gasteiger charge is 2.27. The molecule has 0 atom stereocenters. The summed E-state index contributed by atoms with van der Waals surface area (Å²) in [6.45, 7) is 25.2. The highest BCUT2D eigenvalue weighted by Crippen LogP contribution is 2.41. The number of rotatable bonds is 12. The molecule has 0 unspecified atom stereocenters. The molecule has 356 valence electrons. The van der Waals surface area contributed by atoms with Crippen LogP contribution in [-0.4, -0.2) is 14.1 Å². The third kappa shape index (κ3) is 8.88. The van der Waals surface area contributed by atoms with Gasteiger partial charge in [0.05, 0.1) is 28.1 Å². The monoisotopic (exact) mass is 931 g/mol. The first-order valence-corrected chi connectivity index (χ1v) is 25.2. The van der Waals surface area contributed by atoms with Gasteiger partial charge in [-0.05, 0) is 128 Å². The second-order valence-corrected chi connectivity index (χ2v) is 22.0. The Balaban J connectivity index is 1.08. The zero-order chi connectivity index (χ0) is 49.8. The minimum Gasteiger partial charge on any atom is -0.458 e. The fourth-order valence-electron chi connectivity index (χ4n) is 10.3.